The number of methoxy groups -OCH3 is 1. The van der Waals surface area contributed by atoms with Crippen molar-refractivity contribution in [3.63, 3.8) is 0 Å². The third kappa shape index (κ3) is 4.12. The van der Waals surface area contributed by atoms with Crippen molar-refractivity contribution in [3.8, 4) is 11.5 Å². The zero-order valence-electron chi connectivity index (χ0n) is 12.6. The van der Waals surface area contributed by atoms with Crippen LogP contribution in [0.4, 0.5) is 0 Å². The predicted octanol–water partition coefficient (Wildman–Crippen LogP) is 2.22. The van der Waals surface area contributed by atoms with Gasteiger partial charge in [-0.25, -0.2) is 0 Å². The van der Waals surface area contributed by atoms with Crippen LogP contribution >= 0.6 is 0 Å². The number of hydrogen-bond donors (Lipinski definition) is 2. The summed E-state index contributed by atoms with van der Waals surface area (Å²) in [7, 11) is 3.61. The van der Waals surface area contributed by atoms with E-state index < -0.39 is 0 Å². The molecule has 0 radical (unpaired) electrons. The highest BCUT2D eigenvalue weighted by Gasteiger charge is 2.19. The Morgan fingerprint density at radius 2 is 2.10 bits per heavy atom. The minimum atomic E-state index is 0.210. The Hall–Kier alpha value is -1.26. The van der Waals surface area contributed by atoms with Gasteiger partial charge in [-0.1, -0.05) is 6.07 Å². The molecule has 0 unspecified atom stereocenters. The molecule has 0 spiro atoms. The van der Waals surface area contributed by atoms with Crippen LogP contribution in [0.5, 0.6) is 11.5 Å². The summed E-state index contributed by atoms with van der Waals surface area (Å²) in [5.41, 5.74) is 1.20. The number of phenols is 1. The van der Waals surface area contributed by atoms with Crippen molar-refractivity contribution >= 4 is 0 Å². The van der Waals surface area contributed by atoms with Crippen LogP contribution in [0.25, 0.3) is 0 Å². The number of nitrogens with one attached hydrogen (secondary N) is 1. The van der Waals surface area contributed by atoms with Crippen molar-refractivity contribution in [2.45, 2.75) is 25.8 Å². The quantitative estimate of drug-likeness (QED) is 0.837. The molecular formula is C16H26N2O2. The summed E-state index contributed by atoms with van der Waals surface area (Å²) in [5.74, 6) is 1.64. The fourth-order valence-electron chi connectivity index (χ4n) is 2.86. The SMILES string of the molecule is CNCCC1CCN(Cc2ccc(O)c(OC)c2)CC1. The average molecular weight is 278 g/mol. The third-order valence-electron chi connectivity index (χ3n) is 4.16. The molecule has 112 valence electrons. The van der Waals surface area contributed by atoms with Gasteiger partial charge >= 0.3 is 0 Å². The number of aromatic hydroxyl groups is 1. The Balaban J connectivity index is 1.83. The molecule has 1 aromatic carbocycles. The Morgan fingerprint density at radius 3 is 2.75 bits per heavy atom. The zero-order chi connectivity index (χ0) is 14.4. The van der Waals surface area contributed by atoms with Gasteiger partial charge in [0.05, 0.1) is 7.11 Å². The minimum Gasteiger partial charge on any atom is -0.504 e. The van der Waals surface area contributed by atoms with Gasteiger partial charge in [-0.15, -0.1) is 0 Å². The first-order valence-corrected chi connectivity index (χ1v) is 7.45. The van der Waals surface area contributed by atoms with Gasteiger partial charge in [0.1, 0.15) is 0 Å². The second kappa shape index (κ2) is 7.50. The predicted molar refractivity (Wildman–Crippen MR) is 81.2 cm³/mol. The van der Waals surface area contributed by atoms with Crippen molar-refractivity contribution in [2.75, 3.05) is 33.8 Å². The van der Waals surface area contributed by atoms with E-state index in [1.165, 1.54) is 24.8 Å². The minimum absolute atomic E-state index is 0.210. The highest BCUT2D eigenvalue weighted by Crippen LogP contribution is 2.28. The summed E-state index contributed by atoms with van der Waals surface area (Å²) >= 11 is 0. The summed E-state index contributed by atoms with van der Waals surface area (Å²) in [6.45, 7) is 4.39. The van der Waals surface area contributed by atoms with Gasteiger partial charge in [0.2, 0.25) is 0 Å². The van der Waals surface area contributed by atoms with Crippen LogP contribution in [0, 0.1) is 5.92 Å². The molecule has 2 N–H and O–H groups in total. The number of piperidine rings is 1. The Kier molecular flexibility index (Phi) is 5.68. The molecule has 1 fully saturated rings. The normalized spacial score (nSPS) is 17.3. The van der Waals surface area contributed by atoms with Gasteiger partial charge in [0, 0.05) is 6.54 Å². The molecule has 0 atom stereocenters. The highest BCUT2D eigenvalue weighted by molar-refractivity contribution is 5.41. The molecule has 1 aliphatic rings. The smallest absolute Gasteiger partial charge is 0.160 e. The maximum absolute atomic E-state index is 9.61. The van der Waals surface area contributed by atoms with E-state index in [9.17, 15) is 5.11 Å². The Labute approximate surface area is 121 Å². The summed E-state index contributed by atoms with van der Waals surface area (Å²) in [6.07, 6.45) is 3.87. The molecule has 4 heteroatoms. The Bertz CT molecular complexity index is 415. The largest absolute Gasteiger partial charge is 0.504 e. The lowest BCUT2D eigenvalue weighted by Crippen LogP contribution is -2.34. The number of likely N-dealkylation sites (tertiary alicyclic amines) is 1. The van der Waals surface area contributed by atoms with Crippen LogP contribution < -0.4 is 10.1 Å². The van der Waals surface area contributed by atoms with E-state index >= 15 is 0 Å². The van der Waals surface area contributed by atoms with Crippen LogP contribution in [-0.4, -0.2) is 43.8 Å². The molecule has 0 aromatic heterocycles. The molecule has 0 saturated carbocycles. The maximum atomic E-state index is 9.61. The van der Waals surface area contributed by atoms with E-state index in [-0.39, 0.29) is 5.75 Å². The molecule has 20 heavy (non-hydrogen) atoms. The monoisotopic (exact) mass is 278 g/mol. The van der Waals surface area contributed by atoms with E-state index in [1.54, 1.807) is 13.2 Å². The maximum Gasteiger partial charge on any atom is 0.160 e. The molecule has 1 aromatic rings. The van der Waals surface area contributed by atoms with Crippen molar-refractivity contribution in [3.05, 3.63) is 23.8 Å². The van der Waals surface area contributed by atoms with Crippen LogP contribution in [0.2, 0.25) is 0 Å². The molecule has 0 aliphatic carbocycles. The van der Waals surface area contributed by atoms with E-state index in [0.717, 1.165) is 32.1 Å². The van der Waals surface area contributed by atoms with Crippen molar-refractivity contribution in [1.82, 2.24) is 10.2 Å². The standard InChI is InChI=1S/C16H26N2O2/c1-17-8-5-13-6-9-18(10-7-13)12-14-3-4-15(19)16(11-14)20-2/h3-4,11,13,17,19H,5-10,12H2,1-2H3. The highest BCUT2D eigenvalue weighted by atomic mass is 16.5. The first-order valence-electron chi connectivity index (χ1n) is 7.45. The molecule has 2 rings (SSSR count). The first kappa shape index (κ1) is 15.1. The van der Waals surface area contributed by atoms with Crippen LogP contribution in [-0.2, 0) is 6.54 Å². The van der Waals surface area contributed by atoms with Crippen LogP contribution in [0.1, 0.15) is 24.8 Å². The number of phenolic OH excluding ortho intramolecular Hbond substituents is 1. The molecule has 1 aliphatic heterocycles. The van der Waals surface area contributed by atoms with Crippen molar-refractivity contribution in [2.24, 2.45) is 5.92 Å². The van der Waals surface area contributed by atoms with Crippen molar-refractivity contribution < 1.29 is 9.84 Å². The third-order valence-corrected chi connectivity index (χ3v) is 4.16. The van der Waals surface area contributed by atoms with Gasteiger partial charge in [-0.2, -0.15) is 0 Å². The van der Waals surface area contributed by atoms with Gasteiger partial charge in [0.25, 0.3) is 0 Å². The summed E-state index contributed by atoms with van der Waals surface area (Å²) in [5, 5.41) is 12.8. The lowest BCUT2D eigenvalue weighted by atomic mass is 9.93. The fourth-order valence-corrected chi connectivity index (χ4v) is 2.86. The second-order valence-electron chi connectivity index (χ2n) is 5.62. The van der Waals surface area contributed by atoms with E-state index in [4.69, 9.17) is 4.74 Å². The van der Waals surface area contributed by atoms with Crippen LogP contribution in [0.3, 0.4) is 0 Å². The average Bonchev–Trinajstić information content (AvgIpc) is 2.48. The summed E-state index contributed by atoms with van der Waals surface area (Å²) in [4.78, 5) is 2.49. The van der Waals surface area contributed by atoms with Gasteiger partial charge in [0.15, 0.2) is 11.5 Å². The zero-order valence-corrected chi connectivity index (χ0v) is 12.6. The van der Waals surface area contributed by atoms with Gasteiger partial charge < -0.3 is 15.2 Å². The Morgan fingerprint density at radius 1 is 1.35 bits per heavy atom. The van der Waals surface area contributed by atoms with Gasteiger partial charge in [-0.3, -0.25) is 4.90 Å². The second-order valence-corrected chi connectivity index (χ2v) is 5.62. The van der Waals surface area contributed by atoms with E-state index in [1.807, 2.05) is 19.2 Å². The van der Waals surface area contributed by atoms with Crippen LogP contribution in [0.15, 0.2) is 18.2 Å². The molecule has 1 heterocycles. The molecule has 4 nitrogen and oxygen atoms in total. The first-order chi connectivity index (χ1) is 9.72. The fraction of sp³-hybridized carbons (Fsp3) is 0.625. The number of nitrogens with zero attached hydrogens (tertiary/aromatic N) is 1. The van der Waals surface area contributed by atoms with E-state index in [0.29, 0.717) is 5.75 Å². The lowest BCUT2D eigenvalue weighted by molar-refractivity contribution is 0.172. The van der Waals surface area contributed by atoms with E-state index in [2.05, 4.69) is 10.2 Å². The molecule has 0 bridgehead atoms. The molecular weight excluding hydrogens is 252 g/mol. The van der Waals surface area contributed by atoms with Crippen molar-refractivity contribution in [1.29, 1.82) is 0 Å². The van der Waals surface area contributed by atoms with Gasteiger partial charge in [-0.05, 0) is 69.6 Å². The summed E-state index contributed by atoms with van der Waals surface area (Å²) in [6, 6.07) is 5.63. The molecule has 0 amide bonds. The lowest BCUT2D eigenvalue weighted by Gasteiger charge is -2.32. The topological polar surface area (TPSA) is 44.7 Å². The number of benzene rings is 1. The molecule has 1 saturated heterocycles. The number of rotatable bonds is 6. The number of hydrogen-bond acceptors (Lipinski definition) is 4. The number of ether oxygens (including phenoxy) is 1. The summed E-state index contributed by atoms with van der Waals surface area (Å²) < 4.78 is 5.16.